The molecule has 11 heteroatoms. The van der Waals surface area contributed by atoms with Crippen LogP contribution in [-0.4, -0.2) is 72.2 Å². The Morgan fingerprint density at radius 2 is 2.07 bits per heavy atom. The lowest BCUT2D eigenvalue weighted by Crippen LogP contribution is -2.42. The topological polar surface area (TPSA) is 160 Å². The number of nitrogens with two attached hydrogens (primary N) is 1. The van der Waals surface area contributed by atoms with Crippen LogP contribution in [0.15, 0.2) is 18.2 Å². The van der Waals surface area contributed by atoms with Gasteiger partial charge in [-0.15, -0.1) is 0 Å². The van der Waals surface area contributed by atoms with E-state index in [1.807, 2.05) is 0 Å². The molecule has 1 saturated heterocycles. The molecule has 1 unspecified atom stereocenters. The molecule has 1 aliphatic heterocycles. The van der Waals surface area contributed by atoms with Gasteiger partial charge in [-0.25, -0.2) is 0 Å². The summed E-state index contributed by atoms with van der Waals surface area (Å²) in [5.41, 5.74) is 5.73. The minimum Gasteiger partial charge on any atom is -0.480 e. The van der Waals surface area contributed by atoms with E-state index in [1.54, 1.807) is 0 Å². The van der Waals surface area contributed by atoms with Crippen LogP contribution in [0.1, 0.15) is 12.8 Å². The zero-order chi connectivity index (χ0) is 20.5. The largest absolute Gasteiger partial charge is 0.480 e. The molecule has 0 aromatic heterocycles. The van der Waals surface area contributed by atoms with Gasteiger partial charge in [0.15, 0.2) is 0 Å². The predicted octanol–water partition coefficient (Wildman–Crippen LogP) is 0.271. The molecule has 1 heterocycles. The van der Waals surface area contributed by atoms with Gasteiger partial charge in [0.25, 0.3) is 5.69 Å². The number of carbonyl (C=O) groups is 2. The average Bonchev–Trinajstić information content (AvgIpc) is 2.66. The number of nitrogens with one attached hydrogen (secondary N) is 2. The van der Waals surface area contributed by atoms with Crippen molar-refractivity contribution in [1.29, 1.82) is 0 Å². The second kappa shape index (κ2) is 10.5. The van der Waals surface area contributed by atoms with Gasteiger partial charge >= 0.3 is 5.97 Å². The number of non-ortho nitro benzene ring substituents is 1. The first-order chi connectivity index (χ1) is 13.4. The van der Waals surface area contributed by atoms with Gasteiger partial charge < -0.3 is 26.2 Å². The van der Waals surface area contributed by atoms with E-state index < -0.39 is 22.8 Å². The summed E-state index contributed by atoms with van der Waals surface area (Å²) in [6, 6.07) is 2.61. The second-order valence-corrected chi connectivity index (χ2v) is 6.43. The lowest BCUT2D eigenvalue weighted by atomic mass is 10.1. The Morgan fingerprint density at radius 3 is 2.71 bits per heavy atom. The van der Waals surface area contributed by atoms with Crippen molar-refractivity contribution in [2.75, 3.05) is 50.4 Å². The molecule has 0 bridgehead atoms. The lowest BCUT2D eigenvalue weighted by molar-refractivity contribution is -0.384. The number of nitro benzene ring substituents is 1. The first-order valence-electron chi connectivity index (χ1n) is 8.97. The molecule has 0 saturated carbocycles. The van der Waals surface area contributed by atoms with Crippen LogP contribution in [0.4, 0.5) is 17.1 Å². The van der Waals surface area contributed by atoms with Crippen molar-refractivity contribution in [1.82, 2.24) is 10.2 Å². The minimum absolute atomic E-state index is 0.0793. The van der Waals surface area contributed by atoms with Crippen molar-refractivity contribution in [3.05, 3.63) is 28.3 Å². The number of nitro groups is 1. The van der Waals surface area contributed by atoms with Crippen LogP contribution in [0, 0.1) is 10.1 Å². The highest BCUT2D eigenvalue weighted by molar-refractivity contribution is 5.96. The molecule has 5 N–H and O–H groups in total. The summed E-state index contributed by atoms with van der Waals surface area (Å²) in [6.07, 6.45) is 0.415. The van der Waals surface area contributed by atoms with E-state index in [2.05, 4.69) is 15.5 Å². The number of hydrogen-bond acceptors (Lipinski definition) is 8. The van der Waals surface area contributed by atoms with Gasteiger partial charge in [-0.2, -0.15) is 0 Å². The number of carboxylic acids is 1. The molecule has 154 valence electrons. The quantitative estimate of drug-likeness (QED) is 0.189. The molecule has 11 nitrogen and oxygen atoms in total. The van der Waals surface area contributed by atoms with E-state index in [-0.39, 0.29) is 23.5 Å². The molecular formula is C17H25N5O6. The molecular weight excluding hydrogens is 370 g/mol. The predicted molar refractivity (Wildman–Crippen MR) is 102 cm³/mol. The molecule has 2 rings (SSSR count). The Morgan fingerprint density at radius 1 is 1.36 bits per heavy atom. The van der Waals surface area contributed by atoms with E-state index in [0.717, 1.165) is 32.1 Å². The van der Waals surface area contributed by atoms with Gasteiger partial charge in [0.1, 0.15) is 6.04 Å². The first-order valence-corrected chi connectivity index (χ1v) is 8.97. The number of aliphatic carboxylic acids is 1. The van der Waals surface area contributed by atoms with Crippen molar-refractivity contribution >= 4 is 28.9 Å². The van der Waals surface area contributed by atoms with Crippen molar-refractivity contribution in [3.8, 4) is 0 Å². The van der Waals surface area contributed by atoms with Crippen LogP contribution in [-0.2, 0) is 14.3 Å². The smallest absolute Gasteiger partial charge is 0.321 e. The second-order valence-electron chi connectivity index (χ2n) is 6.43. The lowest BCUT2D eigenvalue weighted by Gasteiger charge is -2.26. The number of carbonyl (C=O) groups excluding carboxylic acids is 1. The standard InChI is InChI=1S/C17H25N5O6/c18-13-3-2-12(22(26)27)10-14(13)20-16(23)11-15(17(24)25)19-4-1-5-21-6-8-28-9-7-21/h2-3,10,15,19H,1,4-9,11,18H2,(H,20,23)(H,24,25). The van der Waals surface area contributed by atoms with Gasteiger partial charge in [0.2, 0.25) is 5.91 Å². The number of ether oxygens (including phenoxy) is 1. The van der Waals surface area contributed by atoms with Gasteiger partial charge in [-0.05, 0) is 25.6 Å². The summed E-state index contributed by atoms with van der Waals surface area (Å²) in [7, 11) is 0. The zero-order valence-corrected chi connectivity index (χ0v) is 15.4. The van der Waals surface area contributed by atoms with Gasteiger partial charge in [-0.1, -0.05) is 0 Å². The van der Waals surface area contributed by atoms with Crippen LogP contribution in [0.5, 0.6) is 0 Å². The number of carboxylic acid groups (broad SMARTS) is 1. The average molecular weight is 395 g/mol. The highest BCUT2D eigenvalue weighted by atomic mass is 16.6. The molecule has 1 atom stereocenters. The Hall–Kier alpha value is -2.76. The molecule has 0 spiro atoms. The van der Waals surface area contributed by atoms with Crippen molar-refractivity contribution < 1.29 is 24.4 Å². The van der Waals surface area contributed by atoms with Gasteiger partial charge in [-0.3, -0.25) is 24.6 Å². The fourth-order valence-electron chi connectivity index (χ4n) is 2.80. The fraction of sp³-hybridized carbons (Fsp3) is 0.529. The van der Waals surface area contributed by atoms with Crippen molar-refractivity contribution in [2.45, 2.75) is 18.9 Å². The number of rotatable bonds is 10. The van der Waals surface area contributed by atoms with Crippen LogP contribution in [0.2, 0.25) is 0 Å². The summed E-state index contributed by atoms with van der Waals surface area (Å²) in [5.74, 6) is -1.74. The van der Waals surface area contributed by atoms with E-state index in [0.29, 0.717) is 19.8 Å². The Kier molecular flexibility index (Phi) is 8.11. The number of nitrogen functional groups attached to an aromatic ring is 1. The minimum atomic E-state index is -1.14. The Balaban J connectivity index is 1.82. The van der Waals surface area contributed by atoms with E-state index >= 15 is 0 Å². The monoisotopic (exact) mass is 395 g/mol. The molecule has 1 fully saturated rings. The number of amides is 1. The molecule has 28 heavy (non-hydrogen) atoms. The maximum Gasteiger partial charge on any atom is 0.321 e. The Bertz CT molecular complexity index is 707. The normalized spacial score (nSPS) is 15.7. The number of nitrogens with zero attached hydrogens (tertiary/aromatic N) is 2. The fourth-order valence-corrected chi connectivity index (χ4v) is 2.80. The van der Waals surface area contributed by atoms with Crippen LogP contribution in [0.25, 0.3) is 0 Å². The van der Waals surface area contributed by atoms with Crippen LogP contribution < -0.4 is 16.4 Å². The van der Waals surface area contributed by atoms with Crippen molar-refractivity contribution in [3.63, 3.8) is 0 Å². The third kappa shape index (κ3) is 6.76. The molecule has 1 amide bonds. The number of hydrogen-bond donors (Lipinski definition) is 4. The van der Waals surface area contributed by atoms with E-state index in [9.17, 15) is 24.8 Å². The van der Waals surface area contributed by atoms with Crippen LogP contribution >= 0.6 is 0 Å². The van der Waals surface area contributed by atoms with E-state index in [4.69, 9.17) is 10.5 Å². The third-order valence-electron chi connectivity index (χ3n) is 4.35. The third-order valence-corrected chi connectivity index (χ3v) is 4.35. The molecule has 1 aromatic rings. The van der Waals surface area contributed by atoms with Crippen molar-refractivity contribution in [2.24, 2.45) is 0 Å². The first kappa shape index (κ1) is 21.5. The molecule has 0 aliphatic carbocycles. The molecule has 1 aromatic carbocycles. The summed E-state index contributed by atoms with van der Waals surface area (Å²) in [5, 5.41) is 25.5. The number of anilines is 2. The number of benzene rings is 1. The summed E-state index contributed by atoms with van der Waals surface area (Å²) >= 11 is 0. The molecule has 1 aliphatic rings. The maximum absolute atomic E-state index is 12.2. The summed E-state index contributed by atoms with van der Waals surface area (Å²) in [6.45, 7) is 4.38. The van der Waals surface area contributed by atoms with E-state index in [1.165, 1.54) is 12.1 Å². The summed E-state index contributed by atoms with van der Waals surface area (Å²) in [4.78, 5) is 36.1. The number of morpholine rings is 1. The highest BCUT2D eigenvalue weighted by Crippen LogP contribution is 2.24. The van der Waals surface area contributed by atoms with Crippen LogP contribution in [0.3, 0.4) is 0 Å². The van der Waals surface area contributed by atoms with Gasteiger partial charge in [0.05, 0.1) is 35.9 Å². The molecule has 0 radical (unpaired) electrons. The zero-order valence-electron chi connectivity index (χ0n) is 15.4. The summed E-state index contributed by atoms with van der Waals surface area (Å²) < 4.78 is 5.27. The van der Waals surface area contributed by atoms with Gasteiger partial charge in [0, 0.05) is 25.2 Å². The Labute approximate surface area is 162 Å². The SMILES string of the molecule is Nc1ccc([N+](=O)[O-])cc1NC(=O)CC(NCCCN1CCOCC1)C(=O)O. The highest BCUT2D eigenvalue weighted by Gasteiger charge is 2.22. The maximum atomic E-state index is 12.2.